The molecular formula is C7H7N. The molecule has 0 saturated carbocycles. The van der Waals surface area contributed by atoms with Crippen LogP contribution in [0.2, 0.25) is 0 Å². The quantitative estimate of drug-likeness (QED) is 0.446. The highest BCUT2D eigenvalue weighted by Gasteiger charge is 1.87. The number of rotatable bonds is 0. The van der Waals surface area contributed by atoms with Crippen molar-refractivity contribution in [2.75, 3.05) is 6.54 Å². The molecule has 0 spiro atoms. The third kappa shape index (κ3) is 0.913. The van der Waals surface area contributed by atoms with Gasteiger partial charge in [0, 0.05) is 12.1 Å². The summed E-state index contributed by atoms with van der Waals surface area (Å²) >= 11 is 0. The molecule has 1 nitrogen and oxygen atoms in total. The van der Waals surface area contributed by atoms with Crippen molar-refractivity contribution in [1.82, 2.24) is 5.32 Å². The van der Waals surface area contributed by atoms with E-state index in [1.807, 2.05) is 18.4 Å². The van der Waals surface area contributed by atoms with Crippen LogP contribution in [0.3, 0.4) is 0 Å². The molecule has 8 heavy (non-hydrogen) atoms. The minimum absolute atomic E-state index is 0.857. The van der Waals surface area contributed by atoms with Crippen LogP contribution in [0.1, 0.15) is 0 Å². The van der Waals surface area contributed by atoms with Gasteiger partial charge < -0.3 is 5.32 Å². The summed E-state index contributed by atoms with van der Waals surface area (Å²) in [4.78, 5) is 0. The maximum atomic E-state index is 5.11. The fourth-order valence-corrected chi connectivity index (χ4v) is 0.561. The van der Waals surface area contributed by atoms with Crippen molar-refractivity contribution < 1.29 is 0 Å². The first-order valence-corrected chi connectivity index (χ1v) is 2.50. The van der Waals surface area contributed by atoms with Gasteiger partial charge in [0.25, 0.3) is 0 Å². The van der Waals surface area contributed by atoms with Crippen molar-refractivity contribution in [2.24, 2.45) is 0 Å². The van der Waals surface area contributed by atoms with Crippen molar-refractivity contribution in [2.45, 2.75) is 0 Å². The summed E-state index contributed by atoms with van der Waals surface area (Å²) in [7, 11) is 0. The van der Waals surface area contributed by atoms with E-state index >= 15 is 0 Å². The van der Waals surface area contributed by atoms with Crippen molar-refractivity contribution in [3.63, 3.8) is 0 Å². The van der Waals surface area contributed by atoms with Crippen LogP contribution >= 0.6 is 0 Å². The Morgan fingerprint density at radius 2 is 2.62 bits per heavy atom. The molecule has 0 unspecified atom stereocenters. The smallest absolute Gasteiger partial charge is 0.0340 e. The highest BCUT2D eigenvalue weighted by molar-refractivity contribution is 5.37. The normalized spacial score (nSPS) is 16.1. The van der Waals surface area contributed by atoms with Crippen LogP contribution in [-0.2, 0) is 0 Å². The van der Waals surface area contributed by atoms with Crippen molar-refractivity contribution in [3.8, 4) is 12.3 Å². The molecule has 1 aliphatic rings. The maximum Gasteiger partial charge on any atom is 0.0340 e. The second-order valence-electron chi connectivity index (χ2n) is 1.55. The van der Waals surface area contributed by atoms with Crippen molar-refractivity contribution in [3.05, 3.63) is 23.9 Å². The van der Waals surface area contributed by atoms with Gasteiger partial charge in [0.2, 0.25) is 0 Å². The van der Waals surface area contributed by atoms with E-state index in [1.165, 1.54) is 0 Å². The highest BCUT2D eigenvalue weighted by atomic mass is 14.8. The van der Waals surface area contributed by atoms with Crippen molar-refractivity contribution >= 4 is 0 Å². The van der Waals surface area contributed by atoms with Gasteiger partial charge >= 0.3 is 0 Å². The molecule has 1 aliphatic heterocycles. The molecule has 1 N–H and O–H groups in total. The first-order valence-electron chi connectivity index (χ1n) is 2.50. The number of dihydropyridines is 1. The lowest BCUT2D eigenvalue weighted by Crippen LogP contribution is -2.07. The standard InChI is InChI=1S/C7H7N/c1-2-7-3-5-8-6-4-7/h1,3-5,8H,6H2. The maximum absolute atomic E-state index is 5.11. The van der Waals surface area contributed by atoms with Gasteiger partial charge in [-0.3, -0.25) is 0 Å². The number of hydrogen-bond acceptors (Lipinski definition) is 1. The molecule has 0 aliphatic carbocycles. The molecule has 1 heterocycles. The lowest BCUT2D eigenvalue weighted by molar-refractivity contribution is 0.966. The molecule has 40 valence electrons. The van der Waals surface area contributed by atoms with Gasteiger partial charge in [-0.05, 0) is 18.4 Å². The van der Waals surface area contributed by atoms with Gasteiger partial charge in [-0.25, -0.2) is 0 Å². The van der Waals surface area contributed by atoms with Gasteiger partial charge in [-0.2, -0.15) is 0 Å². The number of nitrogens with one attached hydrogen (secondary N) is 1. The van der Waals surface area contributed by atoms with Crippen molar-refractivity contribution in [1.29, 1.82) is 0 Å². The minimum Gasteiger partial charge on any atom is -0.387 e. The van der Waals surface area contributed by atoms with Crippen LogP contribution in [0.4, 0.5) is 0 Å². The molecule has 1 heteroatoms. The molecule has 0 bridgehead atoms. The number of allylic oxidation sites excluding steroid dienone is 2. The molecule has 0 aromatic heterocycles. The third-order valence-electron chi connectivity index (χ3n) is 0.987. The van der Waals surface area contributed by atoms with Crippen LogP contribution in [0.25, 0.3) is 0 Å². The first-order chi connectivity index (χ1) is 3.93. The average Bonchev–Trinajstić information content (AvgIpc) is 1.90. The third-order valence-corrected chi connectivity index (χ3v) is 0.987. The largest absolute Gasteiger partial charge is 0.387 e. The minimum atomic E-state index is 0.857. The van der Waals surface area contributed by atoms with Gasteiger partial charge in [0.15, 0.2) is 0 Å². The fraction of sp³-hybridized carbons (Fsp3) is 0.143. The summed E-state index contributed by atoms with van der Waals surface area (Å²) in [6.07, 6.45) is 10.8. The molecular weight excluding hydrogens is 98.1 g/mol. The molecule has 0 amide bonds. The zero-order chi connectivity index (χ0) is 5.82. The molecule has 1 rings (SSSR count). The first kappa shape index (κ1) is 4.99. The van der Waals surface area contributed by atoms with Gasteiger partial charge in [-0.1, -0.05) is 5.92 Å². The molecule has 0 aromatic carbocycles. The van der Waals surface area contributed by atoms with E-state index < -0.39 is 0 Å². The Balaban J connectivity index is 2.68. The van der Waals surface area contributed by atoms with Gasteiger partial charge in [0.05, 0.1) is 0 Å². The molecule has 0 fully saturated rings. The van der Waals surface area contributed by atoms with E-state index in [-0.39, 0.29) is 0 Å². The molecule has 0 saturated heterocycles. The van der Waals surface area contributed by atoms with Gasteiger partial charge in [0.1, 0.15) is 0 Å². The average molecular weight is 105 g/mol. The highest BCUT2D eigenvalue weighted by Crippen LogP contribution is 1.95. The number of terminal acetylenes is 1. The Morgan fingerprint density at radius 3 is 3.00 bits per heavy atom. The summed E-state index contributed by atoms with van der Waals surface area (Å²) < 4.78 is 0. The summed E-state index contributed by atoms with van der Waals surface area (Å²) in [6, 6.07) is 0. The second kappa shape index (κ2) is 2.23. The van der Waals surface area contributed by atoms with E-state index in [2.05, 4.69) is 11.2 Å². The lowest BCUT2D eigenvalue weighted by Gasteiger charge is -2.00. The predicted molar refractivity (Wildman–Crippen MR) is 34.1 cm³/mol. The summed E-state index contributed by atoms with van der Waals surface area (Å²) in [5.74, 6) is 2.54. The van der Waals surface area contributed by atoms with Gasteiger partial charge in [-0.15, -0.1) is 6.42 Å². The molecule has 0 atom stereocenters. The van der Waals surface area contributed by atoms with Crippen LogP contribution in [0.5, 0.6) is 0 Å². The topological polar surface area (TPSA) is 12.0 Å². The Morgan fingerprint density at radius 1 is 1.75 bits per heavy atom. The molecule has 0 radical (unpaired) electrons. The van der Waals surface area contributed by atoms with E-state index in [0.29, 0.717) is 0 Å². The monoisotopic (exact) mass is 105 g/mol. The van der Waals surface area contributed by atoms with Crippen LogP contribution in [0, 0.1) is 12.3 Å². The summed E-state index contributed by atoms with van der Waals surface area (Å²) in [5, 5.41) is 3.00. The predicted octanol–water partition coefficient (Wildman–Crippen LogP) is 0.663. The second-order valence-corrected chi connectivity index (χ2v) is 1.55. The fourth-order valence-electron chi connectivity index (χ4n) is 0.561. The lowest BCUT2D eigenvalue weighted by atomic mass is 10.2. The van der Waals surface area contributed by atoms with E-state index in [4.69, 9.17) is 6.42 Å². The Kier molecular flexibility index (Phi) is 1.39. The zero-order valence-corrected chi connectivity index (χ0v) is 4.52. The van der Waals surface area contributed by atoms with Crippen LogP contribution in [-0.4, -0.2) is 6.54 Å². The van der Waals surface area contributed by atoms with E-state index in [1.54, 1.807) is 0 Å². The Hall–Kier alpha value is -1.16. The summed E-state index contributed by atoms with van der Waals surface area (Å²) in [6.45, 7) is 0.857. The summed E-state index contributed by atoms with van der Waals surface area (Å²) in [5.41, 5.74) is 0.962. The molecule has 0 aromatic rings. The van der Waals surface area contributed by atoms with E-state index in [0.717, 1.165) is 12.1 Å². The number of hydrogen-bond donors (Lipinski definition) is 1. The SMILES string of the molecule is C#CC1=CCNC=C1. The van der Waals surface area contributed by atoms with E-state index in [9.17, 15) is 0 Å². The van der Waals surface area contributed by atoms with Crippen LogP contribution in [0.15, 0.2) is 23.9 Å². The van der Waals surface area contributed by atoms with Crippen LogP contribution < -0.4 is 5.32 Å². The Bertz CT molecular complexity index is 169. The zero-order valence-electron chi connectivity index (χ0n) is 4.52. The Labute approximate surface area is 49.1 Å².